The summed E-state index contributed by atoms with van der Waals surface area (Å²) >= 11 is 3.45. The van der Waals surface area contributed by atoms with Crippen molar-refractivity contribution >= 4 is 27.9 Å². The van der Waals surface area contributed by atoms with Crippen molar-refractivity contribution in [3.05, 3.63) is 69.3 Å². The predicted octanol–water partition coefficient (Wildman–Crippen LogP) is 5.36. The SMILES string of the molecule is CCCC/C(=C/C(=O)c1ccccc1Br)NCCc1cc(OC)c(OC)cc1/C=N/O. The number of hydrogen-bond acceptors (Lipinski definition) is 6. The Balaban J connectivity index is 2.17. The van der Waals surface area contributed by atoms with Crippen LogP contribution in [0.4, 0.5) is 0 Å². The van der Waals surface area contributed by atoms with Gasteiger partial charge in [0, 0.05) is 33.9 Å². The molecule has 0 bridgehead atoms. The zero-order valence-corrected chi connectivity index (χ0v) is 19.7. The average Bonchev–Trinajstić information content (AvgIpc) is 2.78. The highest BCUT2D eigenvalue weighted by Gasteiger charge is 2.12. The Labute approximate surface area is 192 Å². The molecule has 0 spiro atoms. The lowest BCUT2D eigenvalue weighted by molar-refractivity contribution is 0.104. The van der Waals surface area contributed by atoms with Gasteiger partial charge >= 0.3 is 0 Å². The number of hydrogen-bond donors (Lipinski definition) is 2. The van der Waals surface area contributed by atoms with E-state index in [0.717, 1.165) is 40.6 Å². The van der Waals surface area contributed by atoms with E-state index in [1.807, 2.05) is 30.3 Å². The van der Waals surface area contributed by atoms with Gasteiger partial charge in [-0.25, -0.2) is 0 Å². The molecule has 2 aromatic carbocycles. The van der Waals surface area contributed by atoms with Crippen LogP contribution in [-0.4, -0.2) is 38.0 Å². The summed E-state index contributed by atoms with van der Waals surface area (Å²) in [5.41, 5.74) is 3.22. The van der Waals surface area contributed by atoms with Gasteiger partial charge < -0.3 is 20.0 Å². The normalized spacial score (nSPS) is 11.5. The summed E-state index contributed by atoms with van der Waals surface area (Å²) in [6.45, 7) is 2.73. The second kappa shape index (κ2) is 12.8. The van der Waals surface area contributed by atoms with Crippen molar-refractivity contribution in [1.29, 1.82) is 0 Å². The van der Waals surface area contributed by atoms with Gasteiger partial charge in [0.25, 0.3) is 0 Å². The van der Waals surface area contributed by atoms with E-state index < -0.39 is 0 Å². The summed E-state index contributed by atoms with van der Waals surface area (Å²) in [6.07, 6.45) is 6.52. The average molecular weight is 489 g/mol. The van der Waals surface area contributed by atoms with Gasteiger partial charge in [-0.1, -0.05) is 46.6 Å². The number of carbonyl (C=O) groups excluding carboxylic acids is 1. The molecule has 0 fully saturated rings. The highest BCUT2D eigenvalue weighted by molar-refractivity contribution is 9.10. The highest BCUT2D eigenvalue weighted by Crippen LogP contribution is 2.30. The molecule has 0 atom stereocenters. The monoisotopic (exact) mass is 488 g/mol. The third-order valence-corrected chi connectivity index (χ3v) is 5.52. The first-order valence-electron chi connectivity index (χ1n) is 10.2. The van der Waals surface area contributed by atoms with Crippen molar-refractivity contribution in [2.24, 2.45) is 5.16 Å². The summed E-state index contributed by atoms with van der Waals surface area (Å²) in [5, 5.41) is 15.6. The Bertz CT molecular complexity index is 941. The van der Waals surface area contributed by atoms with E-state index in [2.05, 4.69) is 33.3 Å². The van der Waals surface area contributed by atoms with Gasteiger partial charge in [-0.05, 0) is 49.1 Å². The first kappa shape index (κ1) is 24.5. The van der Waals surface area contributed by atoms with Crippen LogP contribution in [0.2, 0.25) is 0 Å². The maximum Gasteiger partial charge on any atom is 0.188 e. The van der Waals surface area contributed by atoms with Crippen LogP contribution in [0.3, 0.4) is 0 Å². The van der Waals surface area contributed by atoms with Crippen molar-refractivity contribution in [3.8, 4) is 11.5 Å². The van der Waals surface area contributed by atoms with Crippen LogP contribution in [0.25, 0.3) is 0 Å². The van der Waals surface area contributed by atoms with Gasteiger partial charge in [0.15, 0.2) is 17.3 Å². The molecule has 0 saturated carbocycles. The van der Waals surface area contributed by atoms with Gasteiger partial charge in [0.05, 0.1) is 20.4 Å². The van der Waals surface area contributed by atoms with Gasteiger partial charge in [-0.3, -0.25) is 4.79 Å². The number of methoxy groups -OCH3 is 2. The number of rotatable bonds is 12. The molecule has 0 aliphatic rings. The molecule has 0 amide bonds. The molecule has 2 rings (SSSR count). The summed E-state index contributed by atoms with van der Waals surface area (Å²) in [4.78, 5) is 12.7. The number of carbonyl (C=O) groups is 1. The first-order valence-corrected chi connectivity index (χ1v) is 11.0. The number of ketones is 1. The number of unbranched alkanes of at least 4 members (excludes halogenated alkanes) is 1. The predicted molar refractivity (Wildman–Crippen MR) is 127 cm³/mol. The van der Waals surface area contributed by atoms with Gasteiger partial charge in [-0.15, -0.1) is 0 Å². The van der Waals surface area contributed by atoms with E-state index >= 15 is 0 Å². The summed E-state index contributed by atoms with van der Waals surface area (Å²) in [5.74, 6) is 1.14. The van der Waals surface area contributed by atoms with E-state index in [9.17, 15) is 4.79 Å². The zero-order chi connectivity index (χ0) is 22.6. The van der Waals surface area contributed by atoms with Crippen molar-refractivity contribution in [3.63, 3.8) is 0 Å². The molecule has 0 aliphatic carbocycles. The van der Waals surface area contributed by atoms with Gasteiger partial charge in [0.1, 0.15) is 0 Å². The molecule has 0 aliphatic heterocycles. The van der Waals surface area contributed by atoms with Gasteiger partial charge in [-0.2, -0.15) is 0 Å². The van der Waals surface area contributed by atoms with Crippen LogP contribution in [0.5, 0.6) is 11.5 Å². The maximum absolute atomic E-state index is 12.7. The van der Waals surface area contributed by atoms with E-state index in [1.165, 1.54) is 6.21 Å². The number of ether oxygens (including phenoxy) is 2. The molecule has 0 radical (unpaired) electrons. The molecule has 6 nitrogen and oxygen atoms in total. The fourth-order valence-corrected chi connectivity index (χ4v) is 3.65. The highest BCUT2D eigenvalue weighted by atomic mass is 79.9. The summed E-state index contributed by atoms with van der Waals surface area (Å²) in [6, 6.07) is 11.1. The van der Waals surface area contributed by atoms with E-state index in [0.29, 0.717) is 30.0 Å². The molecular formula is C24H29BrN2O4. The lowest BCUT2D eigenvalue weighted by Gasteiger charge is -2.15. The first-order chi connectivity index (χ1) is 15.0. The molecule has 0 unspecified atom stereocenters. The molecule has 2 N–H and O–H groups in total. The molecule has 0 saturated heterocycles. The molecule has 31 heavy (non-hydrogen) atoms. The minimum Gasteiger partial charge on any atom is -0.493 e. The number of halogens is 1. The molecule has 0 heterocycles. The van der Waals surface area contributed by atoms with Crippen LogP contribution < -0.4 is 14.8 Å². The van der Waals surface area contributed by atoms with Crippen LogP contribution in [0.15, 0.2) is 57.8 Å². The van der Waals surface area contributed by atoms with Crippen molar-refractivity contribution in [2.45, 2.75) is 32.6 Å². The Morgan fingerprint density at radius 3 is 2.55 bits per heavy atom. The zero-order valence-electron chi connectivity index (χ0n) is 18.2. The smallest absolute Gasteiger partial charge is 0.188 e. The second-order valence-electron chi connectivity index (χ2n) is 6.94. The Morgan fingerprint density at radius 1 is 1.19 bits per heavy atom. The van der Waals surface area contributed by atoms with E-state index in [1.54, 1.807) is 26.4 Å². The molecule has 0 aromatic heterocycles. The minimum absolute atomic E-state index is 0.0368. The van der Waals surface area contributed by atoms with E-state index in [-0.39, 0.29) is 5.78 Å². The minimum atomic E-state index is -0.0368. The van der Waals surface area contributed by atoms with Crippen molar-refractivity contribution in [1.82, 2.24) is 5.32 Å². The standard InChI is InChI=1S/C24H29BrN2O4/c1-4-5-8-19(15-22(28)20-9-6-7-10-21(20)25)26-12-11-17-13-23(30-2)24(31-3)14-18(17)16-27-29/h6-7,9-10,13-16,26,29H,4-5,8,11-12H2,1-3H3/b19-15-,27-16+. The number of allylic oxidation sites excluding steroid dienone is 2. The maximum atomic E-state index is 12.7. The van der Waals surface area contributed by atoms with Crippen molar-refractivity contribution < 1.29 is 19.5 Å². The topological polar surface area (TPSA) is 80.2 Å². The third kappa shape index (κ3) is 7.14. The summed E-state index contributed by atoms with van der Waals surface area (Å²) in [7, 11) is 3.14. The number of nitrogens with zero attached hydrogens (tertiary/aromatic N) is 1. The largest absolute Gasteiger partial charge is 0.493 e. The molecule has 166 valence electrons. The van der Waals surface area contributed by atoms with Crippen LogP contribution in [0, 0.1) is 0 Å². The lowest BCUT2D eigenvalue weighted by atomic mass is 10.0. The van der Waals surface area contributed by atoms with Gasteiger partial charge in [0.2, 0.25) is 0 Å². The third-order valence-electron chi connectivity index (χ3n) is 4.83. The fraction of sp³-hybridized carbons (Fsp3) is 0.333. The lowest BCUT2D eigenvalue weighted by Crippen LogP contribution is -2.19. The Kier molecular flexibility index (Phi) is 10.1. The molecule has 7 heteroatoms. The van der Waals surface area contributed by atoms with Crippen LogP contribution >= 0.6 is 15.9 Å². The quantitative estimate of drug-likeness (QED) is 0.138. The molecular weight excluding hydrogens is 460 g/mol. The van der Waals surface area contributed by atoms with Crippen LogP contribution in [-0.2, 0) is 6.42 Å². The Hall–Kier alpha value is -2.80. The number of oxime groups is 1. The fourth-order valence-electron chi connectivity index (χ4n) is 3.17. The number of nitrogens with one attached hydrogen (secondary N) is 1. The Morgan fingerprint density at radius 2 is 1.90 bits per heavy atom. The van der Waals surface area contributed by atoms with E-state index in [4.69, 9.17) is 14.7 Å². The number of benzene rings is 2. The van der Waals surface area contributed by atoms with Crippen molar-refractivity contribution in [2.75, 3.05) is 20.8 Å². The second-order valence-corrected chi connectivity index (χ2v) is 7.80. The summed E-state index contributed by atoms with van der Waals surface area (Å²) < 4.78 is 11.5. The molecule has 2 aromatic rings. The van der Waals surface area contributed by atoms with Crippen LogP contribution in [0.1, 0.15) is 47.7 Å².